The van der Waals surface area contributed by atoms with E-state index in [9.17, 15) is 0 Å². The van der Waals surface area contributed by atoms with Crippen molar-refractivity contribution in [2.75, 3.05) is 5.01 Å². The van der Waals surface area contributed by atoms with Crippen molar-refractivity contribution < 1.29 is 0 Å². The first-order valence-electron chi connectivity index (χ1n) is 7.97. The molecule has 0 unspecified atom stereocenters. The highest BCUT2D eigenvalue weighted by atomic mass is 15.4. The van der Waals surface area contributed by atoms with Crippen LogP contribution in [0.3, 0.4) is 0 Å². The minimum Gasteiger partial charge on any atom is -0.281 e. The Kier molecular flexibility index (Phi) is 3.24. The summed E-state index contributed by atoms with van der Waals surface area (Å²) in [5.41, 5.74) is 8.74. The van der Waals surface area contributed by atoms with Crippen LogP contribution < -0.4 is 27.2 Å². The molecule has 0 saturated heterocycles. The standard InChI is InChI=1S/C20H19BN2/c1-14-8-7-9-15(2)20(14)21-16-10-3-5-12-18(16)23(22)19-13-6-4-11-17(19)21/h3-13H,22H2,1-2H3. The lowest BCUT2D eigenvalue weighted by Crippen LogP contribution is -2.60. The smallest absolute Gasteiger partial charge is 0.247 e. The molecule has 1 heterocycles. The third-order valence-electron chi connectivity index (χ3n) is 4.85. The summed E-state index contributed by atoms with van der Waals surface area (Å²) in [5, 5.41) is 1.81. The number of para-hydroxylation sites is 2. The van der Waals surface area contributed by atoms with Gasteiger partial charge in [0.1, 0.15) is 0 Å². The number of nitrogens with zero attached hydrogens (tertiary/aromatic N) is 1. The fraction of sp³-hybridized carbons (Fsp3) is 0.100. The van der Waals surface area contributed by atoms with E-state index >= 15 is 0 Å². The Morgan fingerprint density at radius 1 is 0.696 bits per heavy atom. The molecule has 1 aliphatic rings. The summed E-state index contributed by atoms with van der Waals surface area (Å²) < 4.78 is 0. The Bertz CT molecular complexity index is 821. The topological polar surface area (TPSA) is 29.3 Å². The predicted octanol–water partition coefficient (Wildman–Crippen LogP) is 2.14. The summed E-state index contributed by atoms with van der Waals surface area (Å²) in [5.74, 6) is 6.41. The molecule has 3 aromatic rings. The van der Waals surface area contributed by atoms with E-state index in [2.05, 4.69) is 68.4 Å². The van der Waals surface area contributed by atoms with E-state index in [-0.39, 0.29) is 6.71 Å². The molecule has 1 aliphatic heterocycles. The number of hydrogen-bond acceptors (Lipinski definition) is 2. The van der Waals surface area contributed by atoms with Gasteiger partial charge in [0.15, 0.2) is 0 Å². The average molecular weight is 298 g/mol. The number of anilines is 2. The number of hydrogen-bond donors (Lipinski definition) is 1. The van der Waals surface area contributed by atoms with Gasteiger partial charge in [0.2, 0.25) is 6.71 Å². The van der Waals surface area contributed by atoms with Gasteiger partial charge in [-0.25, -0.2) is 5.84 Å². The normalized spacial score (nSPS) is 12.8. The van der Waals surface area contributed by atoms with E-state index in [1.54, 1.807) is 0 Å². The van der Waals surface area contributed by atoms with Crippen LogP contribution in [-0.2, 0) is 0 Å². The lowest BCUT2D eigenvalue weighted by atomic mass is 9.34. The molecule has 0 saturated carbocycles. The highest BCUT2D eigenvalue weighted by molar-refractivity contribution is 6.98. The predicted molar refractivity (Wildman–Crippen MR) is 99.8 cm³/mol. The molecule has 2 N–H and O–H groups in total. The summed E-state index contributed by atoms with van der Waals surface area (Å²) >= 11 is 0. The summed E-state index contributed by atoms with van der Waals surface area (Å²) in [4.78, 5) is 0. The Morgan fingerprint density at radius 2 is 1.17 bits per heavy atom. The third-order valence-corrected chi connectivity index (χ3v) is 4.85. The van der Waals surface area contributed by atoms with Crippen molar-refractivity contribution in [2.45, 2.75) is 13.8 Å². The summed E-state index contributed by atoms with van der Waals surface area (Å²) in [6.07, 6.45) is 0. The maximum absolute atomic E-state index is 6.41. The Morgan fingerprint density at radius 3 is 1.70 bits per heavy atom. The van der Waals surface area contributed by atoms with Crippen molar-refractivity contribution in [3.8, 4) is 0 Å². The van der Waals surface area contributed by atoms with Crippen molar-refractivity contribution >= 4 is 34.5 Å². The second kappa shape index (κ2) is 5.29. The van der Waals surface area contributed by atoms with Gasteiger partial charge in [-0.05, 0) is 36.9 Å². The van der Waals surface area contributed by atoms with E-state index in [1.807, 2.05) is 17.1 Å². The zero-order valence-electron chi connectivity index (χ0n) is 13.5. The second-order valence-corrected chi connectivity index (χ2v) is 6.23. The minimum absolute atomic E-state index is 0.225. The van der Waals surface area contributed by atoms with Crippen molar-refractivity contribution in [1.29, 1.82) is 0 Å². The molecule has 0 aliphatic carbocycles. The molecule has 0 spiro atoms. The maximum Gasteiger partial charge on any atom is 0.247 e. The van der Waals surface area contributed by atoms with E-state index in [0.29, 0.717) is 0 Å². The molecule has 4 rings (SSSR count). The van der Waals surface area contributed by atoms with Crippen LogP contribution in [0, 0.1) is 13.8 Å². The van der Waals surface area contributed by atoms with Gasteiger partial charge < -0.3 is 0 Å². The first-order valence-corrected chi connectivity index (χ1v) is 7.97. The quantitative estimate of drug-likeness (QED) is 0.551. The number of hydrazine groups is 1. The highest BCUT2D eigenvalue weighted by Gasteiger charge is 2.34. The minimum atomic E-state index is 0.225. The van der Waals surface area contributed by atoms with Crippen molar-refractivity contribution in [1.82, 2.24) is 0 Å². The van der Waals surface area contributed by atoms with E-state index in [1.165, 1.54) is 27.5 Å². The lowest BCUT2D eigenvalue weighted by molar-refractivity contribution is 1.09. The van der Waals surface area contributed by atoms with Gasteiger partial charge in [0, 0.05) is 0 Å². The molecule has 112 valence electrons. The molecule has 2 nitrogen and oxygen atoms in total. The molecule has 0 amide bonds. The maximum atomic E-state index is 6.41. The SMILES string of the molecule is Cc1cccc(C)c1B1c2ccccc2N(N)c2ccccc21. The van der Waals surface area contributed by atoms with Crippen LogP contribution >= 0.6 is 0 Å². The zero-order chi connectivity index (χ0) is 16.0. The fourth-order valence-corrected chi connectivity index (χ4v) is 3.79. The largest absolute Gasteiger partial charge is 0.281 e. The van der Waals surface area contributed by atoms with Crippen LogP contribution in [0.4, 0.5) is 11.4 Å². The molecule has 0 radical (unpaired) electrons. The van der Waals surface area contributed by atoms with Gasteiger partial charge in [-0.2, -0.15) is 0 Å². The van der Waals surface area contributed by atoms with Gasteiger partial charge in [-0.15, -0.1) is 0 Å². The second-order valence-electron chi connectivity index (χ2n) is 6.23. The van der Waals surface area contributed by atoms with Gasteiger partial charge >= 0.3 is 0 Å². The van der Waals surface area contributed by atoms with Crippen LogP contribution in [0.2, 0.25) is 0 Å². The number of fused-ring (bicyclic) bond motifs is 2. The number of nitrogens with two attached hydrogens (primary N) is 1. The Labute approximate surface area is 137 Å². The molecule has 23 heavy (non-hydrogen) atoms. The monoisotopic (exact) mass is 298 g/mol. The molecular formula is C20H19BN2. The zero-order valence-corrected chi connectivity index (χ0v) is 13.5. The molecule has 0 atom stereocenters. The van der Waals surface area contributed by atoms with Crippen LogP contribution in [0.25, 0.3) is 0 Å². The van der Waals surface area contributed by atoms with Crippen LogP contribution in [0.5, 0.6) is 0 Å². The van der Waals surface area contributed by atoms with Crippen LogP contribution in [0.15, 0.2) is 66.7 Å². The molecule has 3 aromatic carbocycles. The molecule has 0 fully saturated rings. The number of rotatable bonds is 1. The van der Waals surface area contributed by atoms with Gasteiger partial charge in [-0.3, -0.25) is 5.01 Å². The van der Waals surface area contributed by atoms with Gasteiger partial charge in [0.25, 0.3) is 0 Å². The molecule has 3 heteroatoms. The lowest BCUT2D eigenvalue weighted by Gasteiger charge is -2.34. The molecular weight excluding hydrogens is 279 g/mol. The number of benzene rings is 3. The average Bonchev–Trinajstić information content (AvgIpc) is 2.57. The summed E-state index contributed by atoms with van der Waals surface area (Å²) in [6.45, 7) is 4.62. The van der Waals surface area contributed by atoms with Gasteiger partial charge in [-0.1, -0.05) is 71.2 Å². The first-order chi connectivity index (χ1) is 11.2. The van der Waals surface area contributed by atoms with Crippen LogP contribution in [0.1, 0.15) is 11.1 Å². The Hall–Kier alpha value is -2.52. The third kappa shape index (κ3) is 2.08. The Balaban J connectivity index is 2.06. The van der Waals surface area contributed by atoms with E-state index in [0.717, 1.165) is 11.4 Å². The van der Waals surface area contributed by atoms with Gasteiger partial charge in [0.05, 0.1) is 11.4 Å². The van der Waals surface area contributed by atoms with Crippen LogP contribution in [-0.4, -0.2) is 6.71 Å². The van der Waals surface area contributed by atoms with E-state index < -0.39 is 0 Å². The number of aryl methyl sites for hydroxylation is 2. The molecule has 0 bridgehead atoms. The van der Waals surface area contributed by atoms with Crippen molar-refractivity contribution in [3.05, 3.63) is 77.9 Å². The summed E-state index contributed by atoms with van der Waals surface area (Å²) in [7, 11) is 0. The summed E-state index contributed by atoms with van der Waals surface area (Å²) in [6, 6.07) is 23.4. The first kappa shape index (κ1) is 14.1. The van der Waals surface area contributed by atoms with Crippen molar-refractivity contribution in [3.63, 3.8) is 0 Å². The highest BCUT2D eigenvalue weighted by Crippen LogP contribution is 2.24. The van der Waals surface area contributed by atoms with E-state index in [4.69, 9.17) is 5.84 Å². The fourth-order valence-electron chi connectivity index (χ4n) is 3.79. The van der Waals surface area contributed by atoms with Crippen molar-refractivity contribution in [2.24, 2.45) is 5.84 Å². The molecule has 0 aromatic heterocycles.